The fourth-order valence-corrected chi connectivity index (χ4v) is 1.72. The Morgan fingerprint density at radius 2 is 2.21 bits per heavy atom. The van der Waals surface area contributed by atoms with E-state index in [0.29, 0.717) is 0 Å². The number of nitrogens with one attached hydrogen (secondary N) is 1. The van der Waals surface area contributed by atoms with Gasteiger partial charge in [0.15, 0.2) is 0 Å². The molecule has 1 heterocycles. The Morgan fingerprint density at radius 3 is 2.93 bits per heavy atom. The quantitative estimate of drug-likeness (QED) is 0.895. The zero-order chi connectivity index (χ0) is 10.1. The summed E-state index contributed by atoms with van der Waals surface area (Å²) in [7, 11) is 0. The Labute approximate surface area is 90.6 Å². The molecule has 1 aromatic carbocycles. The van der Waals surface area contributed by atoms with Crippen LogP contribution in [0.15, 0.2) is 22.8 Å². The highest BCUT2D eigenvalue weighted by Crippen LogP contribution is 2.25. The molecule has 0 aliphatic rings. The molecule has 2 rings (SSSR count). The fourth-order valence-electron chi connectivity index (χ4n) is 1.31. The number of aromatic nitrogens is 2. The van der Waals surface area contributed by atoms with Crippen LogP contribution in [0, 0.1) is 0 Å². The molecule has 0 radical (unpaired) electrons. The summed E-state index contributed by atoms with van der Waals surface area (Å²) in [5.74, 6) is 0.870. The number of fused-ring (bicyclic) bond motifs is 1. The summed E-state index contributed by atoms with van der Waals surface area (Å²) >= 11 is 3.37. The normalized spacial score (nSPS) is 11.1. The van der Waals surface area contributed by atoms with Crippen LogP contribution in [0.3, 0.4) is 0 Å². The summed E-state index contributed by atoms with van der Waals surface area (Å²) in [6, 6.07) is 5.88. The number of ether oxygens (including phenoxy) is 1. The summed E-state index contributed by atoms with van der Waals surface area (Å²) in [4.78, 5) is 0. The van der Waals surface area contributed by atoms with Crippen LogP contribution in [0.1, 0.15) is 13.8 Å². The molecule has 0 aliphatic carbocycles. The van der Waals surface area contributed by atoms with Crippen LogP contribution in [0.4, 0.5) is 0 Å². The lowest BCUT2D eigenvalue weighted by molar-refractivity contribution is 0.243. The monoisotopic (exact) mass is 254 g/mol. The molecule has 74 valence electrons. The maximum absolute atomic E-state index is 5.58. The number of hydrogen-bond donors (Lipinski definition) is 1. The molecule has 0 amide bonds. The molecule has 0 unspecified atom stereocenters. The first-order chi connectivity index (χ1) is 6.66. The average molecular weight is 255 g/mol. The van der Waals surface area contributed by atoms with Crippen molar-refractivity contribution in [3.63, 3.8) is 0 Å². The zero-order valence-electron chi connectivity index (χ0n) is 8.04. The molecule has 0 saturated carbocycles. The molecule has 3 nitrogen and oxygen atoms in total. The minimum Gasteiger partial charge on any atom is -0.491 e. The third kappa shape index (κ3) is 1.75. The van der Waals surface area contributed by atoms with Crippen LogP contribution in [-0.2, 0) is 0 Å². The van der Waals surface area contributed by atoms with Gasteiger partial charge in [0.2, 0.25) is 0 Å². The molecule has 4 heteroatoms. The second-order valence-electron chi connectivity index (χ2n) is 3.39. The van der Waals surface area contributed by atoms with Crippen molar-refractivity contribution >= 4 is 26.8 Å². The highest BCUT2D eigenvalue weighted by molar-refractivity contribution is 9.10. The summed E-state index contributed by atoms with van der Waals surface area (Å²) in [5, 5.41) is 8.01. The van der Waals surface area contributed by atoms with Crippen molar-refractivity contribution in [3.8, 4) is 5.75 Å². The van der Waals surface area contributed by atoms with Crippen LogP contribution >= 0.6 is 15.9 Å². The zero-order valence-corrected chi connectivity index (χ0v) is 9.63. The van der Waals surface area contributed by atoms with Gasteiger partial charge in [0.05, 0.1) is 11.6 Å². The summed E-state index contributed by atoms with van der Waals surface area (Å²) in [6.45, 7) is 4.02. The van der Waals surface area contributed by atoms with E-state index < -0.39 is 0 Å². The van der Waals surface area contributed by atoms with Gasteiger partial charge in [-0.3, -0.25) is 5.10 Å². The van der Waals surface area contributed by atoms with Gasteiger partial charge in [-0.05, 0) is 48.0 Å². The van der Waals surface area contributed by atoms with E-state index in [1.165, 1.54) is 0 Å². The van der Waals surface area contributed by atoms with Gasteiger partial charge < -0.3 is 4.74 Å². The molecule has 0 bridgehead atoms. The Morgan fingerprint density at radius 1 is 1.43 bits per heavy atom. The number of aromatic amines is 1. The van der Waals surface area contributed by atoms with Gasteiger partial charge in [0, 0.05) is 5.39 Å². The molecule has 1 aromatic heterocycles. The Balaban J connectivity index is 2.44. The van der Waals surface area contributed by atoms with Gasteiger partial charge >= 0.3 is 0 Å². The average Bonchev–Trinajstić information content (AvgIpc) is 2.47. The maximum Gasteiger partial charge on any atom is 0.135 e. The lowest BCUT2D eigenvalue weighted by atomic mass is 10.2. The molecule has 14 heavy (non-hydrogen) atoms. The Hall–Kier alpha value is -1.03. The van der Waals surface area contributed by atoms with Crippen LogP contribution in [0.5, 0.6) is 5.75 Å². The van der Waals surface area contributed by atoms with Crippen molar-refractivity contribution in [3.05, 3.63) is 22.8 Å². The summed E-state index contributed by atoms with van der Waals surface area (Å²) < 4.78 is 6.41. The predicted molar refractivity (Wildman–Crippen MR) is 59.6 cm³/mol. The first kappa shape index (κ1) is 9.52. The molecule has 0 saturated heterocycles. The van der Waals surface area contributed by atoms with Crippen molar-refractivity contribution in [2.45, 2.75) is 20.0 Å². The lowest BCUT2D eigenvalue weighted by Crippen LogP contribution is -2.05. The van der Waals surface area contributed by atoms with Crippen molar-refractivity contribution in [2.24, 2.45) is 0 Å². The van der Waals surface area contributed by atoms with Crippen molar-refractivity contribution in [1.29, 1.82) is 0 Å². The number of hydrogen-bond acceptors (Lipinski definition) is 2. The van der Waals surface area contributed by atoms with Crippen molar-refractivity contribution < 1.29 is 4.74 Å². The number of benzene rings is 1. The van der Waals surface area contributed by atoms with Crippen molar-refractivity contribution in [2.75, 3.05) is 0 Å². The second-order valence-corrected chi connectivity index (χ2v) is 4.14. The van der Waals surface area contributed by atoms with Gasteiger partial charge in [0.25, 0.3) is 0 Å². The number of H-pyrrole nitrogens is 1. The predicted octanol–water partition coefficient (Wildman–Crippen LogP) is 3.11. The van der Waals surface area contributed by atoms with E-state index in [0.717, 1.165) is 21.3 Å². The standard InChI is InChI=1S/C10H11BrN2O/c1-6(2)14-7-3-4-9-8(5-7)10(11)13-12-9/h3-6H,1-2H3,(H,12,13). The summed E-state index contributed by atoms with van der Waals surface area (Å²) in [6.07, 6.45) is 0.193. The fraction of sp³-hybridized carbons (Fsp3) is 0.300. The topological polar surface area (TPSA) is 37.9 Å². The SMILES string of the molecule is CC(C)Oc1ccc2[nH]nc(Br)c2c1. The van der Waals surface area contributed by atoms with E-state index in [1.807, 2.05) is 32.0 Å². The Bertz CT molecular complexity index is 450. The van der Waals surface area contributed by atoms with Gasteiger partial charge in [-0.2, -0.15) is 5.10 Å². The third-order valence-electron chi connectivity index (χ3n) is 1.86. The molecule has 1 N–H and O–H groups in total. The lowest BCUT2D eigenvalue weighted by Gasteiger charge is -2.08. The van der Waals surface area contributed by atoms with Crippen molar-refractivity contribution in [1.82, 2.24) is 10.2 Å². The van der Waals surface area contributed by atoms with E-state index in [-0.39, 0.29) is 6.10 Å². The first-order valence-corrected chi connectivity index (χ1v) is 5.26. The van der Waals surface area contributed by atoms with Gasteiger partial charge in [0.1, 0.15) is 10.4 Å². The first-order valence-electron chi connectivity index (χ1n) is 4.47. The molecule has 0 fully saturated rings. The minimum absolute atomic E-state index is 0.193. The minimum atomic E-state index is 0.193. The van der Waals surface area contributed by atoms with Crippen LogP contribution < -0.4 is 4.74 Å². The second kappa shape index (κ2) is 3.61. The smallest absolute Gasteiger partial charge is 0.135 e. The van der Waals surface area contributed by atoms with Crippen LogP contribution in [0.2, 0.25) is 0 Å². The van der Waals surface area contributed by atoms with E-state index in [9.17, 15) is 0 Å². The third-order valence-corrected chi connectivity index (χ3v) is 2.46. The highest BCUT2D eigenvalue weighted by Gasteiger charge is 2.04. The van der Waals surface area contributed by atoms with E-state index >= 15 is 0 Å². The molecule has 2 aromatic rings. The summed E-state index contributed by atoms with van der Waals surface area (Å²) in [5.41, 5.74) is 1.01. The van der Waals surface area contributed by atoms with E-state index in [2.05, 4.69) is 26.1 Å². The Kier molecular flexibility index (Phi) is 2.46. The van der Waals surface area contributed by atoms with Gasteiger partial charge in [-0.25, -0.2) is 0 Å². The molecule has 0 aliphatic heterocycles. The number of halogens is 1. The highest BCUT2D eigenvalue weighted by atomic mass is 79.9. The van der Waals surface area contributed by atoms with Gasteiger partial charge in [-0.1, -0.05) is 0 Å². The number of nitrogens with zero attached hydrogens (tertiary/aromatic N) is 1. The van der Waals surface area contributed by atoms with Crippen LogP contribution in [0.25, 0.3) is 10.9 Å². The van der Waals surface area contributed by atoms with Gasteiger partial charge in [-0.15, -0.1) is 0 Å². The molecule has 0 atom stereocenters. The molecular formula is C10H11BrN2O. The number of rotatable bonds is 2. The van der Waals surface area contributed by atoms with E-state index in [4.69, 9.17) is 4.74 Å². The molecular weight excluding hydrogens is 244 g/mol. The molecule has 0 spiro atoms. The largest absolute Gasteiger partial charge is 0.491 e. The maximum atomic E-state index is 5.58. The van der Waals surface area contributed by atoms with E-state index in [1.54, 1.807) is 0 Å². The van der Waals surface area contributed by atoms with Crippen LogP contribution in [-0.4, -0.2) is 16.3 Å².